The molecule has 0 aromatic carbocycles. The summed E-state index contributed by atoms with van der Waals surface area (Å²) in [6, 6.07) is -0.0386. The van der Waals surface area contributed by atoms with Gasteiger partial charge in [0, 0.05) is 25.9 Å². The molecule has 1 unspecified atom stereocenters. The fourth-order valence-corrected chi connectivity index (χ4v) is 0.976. The first-order chi connectivity index (χ1) is 6.02. The zero-order valence-corrected chi connectivity index (χ0v) is 8.32. The first-order valence-corrected chi connectivity index (χ1v) is 4.25. The molecule has 0 heterocycles. The molecule has 0 aliphatic carbocycles. The molecule has 0 spiro atoms. The van der Waals surface area contributed by atoms with E-state index in [2.05, 4.69) is 5.16 Å². The third-order valence-electron chi connectivity index (χ3n) is 1.99. The SMILES string of the molecule is CCC(=O)N(C)C(C)CC(N)=NO. The van der Waals surface area contributed by atoms with Crippen molar-refractivity contribution in [3.8, 4) is 0 Å². The summed E-state index contributed by atoms with van der Waals surface area (Å²) < 4.78 is 0. The van der Waals surface area contributed by atoms with Gasteiger partial charge in [-0.25, -0.2) is 0 Å². The van der Waals surface area contributed by atoms with Crippen molar-refractivity contribution in [2.45, 2.75) is 32.7 Å². The molecule has 0 radical (unpaired) electrons. The highest BCUT2D eigenvalue weighted by Crippen LogP contribution is 2.02. The number of oxime groups is 1. The fraction of sp³-hybridized carbons (Fsp3) is 0.750. The number of nitrogens with zero attached hydrogens (tertiary/aromatic N) is 2. The van der Waals surface area contributed by atoms with E-state index >= 15 is 0 Å². The van der Waals surface area contributed by atoms with Crippen LogP contribution in [0.1, 0.15) is 26.7 Å². The first kappa shape index (κ1) is 11.7. The number of rotatable bonds is 4. The maximum absolute atomic E-state index is 11.2. The molecule has 0 aromatic heterocycles. The van der Waals surface area contributed by atoms with Gasteiger partial charge in [-0.05, 0) is 6.92 Å². The highest BCUT2D eigenvalue weighted by atomic mass is 16.4. The second-order valence-electron chi connectivity index (χ2n) is 3.00. The second kappa shape index (κ2) is 5.40. The van der Waals surface area contributed by atoms with Gasteiger partial charge in [-0.3, -0.25) is 4.79 Å². The molecule has 3 N–H and O–H groups in total. The number of nitrogens with two attached hydrogens (primary N) is 1. The van der Waals surface area contributed by atoms with Crippen molar-refractivity contribution in [3.63, 3.8) is 0 Å². The topological polar surface area (TPSA) is 78.9 Å². The molecule has 1 amide bonds. The van der Waals surface area contributed by atoms with Crippen molar-refractivity contribution in [2.75, 3.05) is 7.05 Å². The van der Waals surface area contributed by atoms with Crippen LogP contribution in [0, 0.1) is 0 Å². The normalized spacial score (nSPS) is 13.9. The van der Waals surface area contributed by atoms with Crippen LogP contribution in [-0.2, 0) is 4.79 Å². The number of carbonyl (C=O) groups is 1. The monoisotopic (exact) mass is 187 g/mol. The quantitative estimate of drug-likeness (QED) is 0.289. The third kappa shape index (κ3) is 3.78. The standard InChI is InChI=1S/C8H17N3O2/c1-4-8(12)11(3)6(2)5-7(9)10-13/h6,13H,4-5H2,1-3H3,(H2,9,10). The lowest BCUT2D eigenvalue weighted by Gasteiger charge is -2.23. The van der Waals surface area contributed by atoms with Crippen LogP contribution in [0.3, 0.4) is 0 Å². The van der Waals surface area contributed by atoms with Crippen molar-refractivity contribution in [1.82, 2.24) is 4.90 Å². The molecule has 0 aliphatic heterocycles. The summed E-state index contributed by atoms with van der Waals surface area (Å²) in [7, 11) is 1.71. The summed E-state index contributed by atoms with van der Waals surface area (Å²) in [5.74, 6) is 0.196. The number of hydrogen-bond acceptors (Lipinski definition) is 3. The summed E-state index contributed by atoms with van der Waals surface area (Å²) in [5.41, 5.74) is 5.32. The Labute approximate surface area is 78.2 Å². The van der Waals surface area contributed by atoms with E-state index in [1.807, 2.05) is 6.92 Å². The van der Waals surface area contributed by atoms with Crippen LogP contribution < -0.4 is 5.73 Å². The lowest BCUT2D eigenvalue weighted by molar-refractivity contribution is -0.131. The Morgan fingerprint density at radius 3 is 2.62 bits per heavy atom. The Morgan fingerprint density at radius 2 is 2.23 bits per heavy atom. The molecule has 0 aromatic rings. The minimum atomic E-state index is -0.0386. The smallest absolute Gasteiger partial charge is 0.222 e. The highest BCUT2D eigenvalue weighted by molar-refractivity contribution is 5.81. The Balaban J connectivity index is 4.10. The van der Waals surface area contributed by atoms with Gasteiger partial charge >= 0.3 is 0 Å². The Morgan fingerprint density at radius 1 is 1.69 bits per heavy atom. The third-order valence-corrected chi connectivity index (χ3v) is 1.99. The van der Waals surface area contributed by atoms with E-state index in [1.165, 1.54) is 0 Å². The van der Waals surface area contributed by atoms with Crippen LogP contribution in [0.25, 0.3) is 0 Å². The summed E-state index contributed by atoms with van der Waals surface area (Å²) in [5, 5.41) is 11.2. The van der Waals surface area contributed by atoms with Crippen molar-refractivity contribution in [2.24, 2.45) is 10.9 Å². The van der Waals surface area contributed by atoms with Crippen LogP contribution >= 0.6 is 0 Å². The molecule has 13 heavy (non-hydrogen) atoms. The molecule has 5 heteroatoms. The van der Waals surface area contributed by atoms with Crippen LogP contribution in [0.5, 0.6) is 0 Å². The second-order valence-corrected chi connectivity index (χ2v) is 3.00. The molecule has 0 bridgehead atoms. The van der Waals surface area contributed by atoms with Gasteiger partial charge in [0.15, 0.2) is 0 Å². The highest BCUT2D eigenvalue weighted by Gasteiger charge is 2.14. The number of carbonyl (C=O) groups excluding carboxylic acids is 1. The molecule has 0 rings (SSSR count). The zero-order valence-electron chi connectivity index (χ0n) is 8.32. The van der Waals surface area contributed by atoms with Gasteiger partial charge in [0.05, 0.1) is 0 Å². The van der Waals surface area contributed by atoms with Crippen molar-refractivity contribution in [3.05, 3.63) is 0 Å². The van der Waals surface area contributed by atoms with Crippen molar-refractivity contribution >= 4 is 11.7 Å². The van der Waals surface area contributed by atoms with Crippen LogP contribution in [0.2, 0.25) is 0 Å². The molecular formula is C8H17N3O2. The number of amides is 1. The van der Waals surface area contributed by atoms with Crippen molar-refractivity contribution < 1.29 is 10.0 Å². The molecule has 0 aliphatic rings. The molecule has 1 atom stereocenters. The van der Waals surface area contributed by atoms with E-state index in [9.17, 15) is 4.79 Å². The Kier molecular flexibility index (Phi) is 4.87. The van der Waals surface area contributed by atoms with Crippen LogP contribution in [0.15, 0.2) is 5.16 Å². The summed E-state index contributed by atoms with van der Waals surface area (Å²) in [6.07, 6.45) is 0.857. The van der Waals surface area contributed by atoms with Gasteiger partial charge in [-0.1, -0.05) is 12.1 Å². The van der Waals surface area contributed by atoms with E-state index < -0.39 is 0 Å². The number of hydrogen-bond donors (Lipinski definition) is 2. The maximum Gasteiger partial charge on any atom is 0.222 e. The largest absolute Gasteiger partial charge is 0.409 e. The van der Waals surface area contributed by atoms with Crippen LogP contribution in [-0.4, -0.2) is 34.9 Å². The predicted molar refractivity (Wildman–Crippen MR) is 50.5 cm³/mol. The van der Waals surface area contributed by atoms with Gasteiger partial charge in [0.1, 0.15) is 5.84 Å². The Bertz CT molecular complexity index is 204. The average molecular weight is 187 g/mol. The lowest BCUT2D eigenvalue weighted by Crippen LogP contribution is -2.37. The summed E-state index contributed by atoms with van der Waals surface area (Å²) in [4.78, 5) is 12.8. The van der Waals surface area contributed by atoms with Gasteiger partial charge in [-0.2, -0.15) is 0 Å². The molecule has 0 saturated carbocycles. The van der Waals surface area contributed by atoms with E-state index in [4.69, 9.17) is 10.9 Å². The fourth-order valence-electron chi connectivity index (χ4n) is 0.976. The number of amidine groups is 1. The van der Waals surface area contributed by atoms with E-state index in [0.717, 1.165) is 0 Å². The van der Waals surface area contributed by atoms with Crippen molar-refractivity contribution in [1.29, 1.82) is 0 Å². The van der Waals surface area contributed by atoms with Gasteiger partial charge in [0.25, 0.3) is 0 Å². The zero-order chi connectivity index (χ0) is 10.4. The minimum Gasteiger partial charge on any atom is -0.409 e. The molecular weight excluding hydrogens is 170 g/mol. The van der Waals surface area contributed by atoms with Gasteiger partial charge in [0.2, 0.25) is 5.91 Å². The van der Waals surface area contributed by atoms with E-state index in [-0.39, 0.29) is 17.8 Å². The Hall–Kier alpha value is -1.26. The van der Waals surface area contributed by atoms with Crippen LogP contribution in [0.4, 0.5) is 0 Å². The van der Waals surface area contributed by atoms with Gasteiger partial charge < -0.3 is 15.8 Å². The molecule has 0 saturated heterocycles. The predicted octanol–water partition coefficient (Wildman–Crippen LogP) is 0.380. The van der Waals surface area contributed by atoms with E-state index in [1.54, 1.807) is 18.9 Å². The molecule has 5 nitrogen and oxygen atoms in total. The first-order valence-electron chi connectivity index (χ1n) is 4.25. The summed E-state index contributed by atoms with van der Waals surface area (Å²) in [6.45, 7) is 3.65. The van der Waals surface area contributed by atoms with Gasteiger partial charge in [-0.15, -0.1) is 0 Å². The summed E-state index contributed by atoms with van der Waals surface area (Å²) >= 11 is 0. The average Bonchev–Trinajstić information content (AvgIpc) is 2.14. The minimum absolute atomic E-state index is 0.0386. The lowest BCUT2D eigenvalue weighted by atomic mass is 10.2. The van der Waals surface area contributed by atoms with E-state index in [0.29, 0.717) is 12.8 Å². The maximum atomic E-state index is 11.2. The molecule has 0 fully saturated rings. The molecule has 76 valence electrons.